The molecule has 0 fully saturated rings. The molecular weight excluding hydrogens is 230 g/mol. The van der Waals surface area contributed by atoms with Crippen molar-refractivity contribution in [1.82, 2.24) is 10.3 Å². The second-order valence-corrected chi connectivity index (χ2v) is 4.19. The highest BCUT2D eigenvalue weighted by Gasteiger charge is 2.06. The Morgan fingerprint density at radius 1 is 1.56 bits per heavy atom. The van der Waals surface area contributed by atoms with Gasteiger partial charge in [0.1, 0.15) is 0 Å². The first kappa shape index (κ1) is 14.0. The molecular formula is C12H17N5O. The maximum absolute atomic E-state index is 11.7. The van der Waals surface area contributed by atoms with E-state index in [1.54, 1.807) is 12.3 Å². The number of amides is 1. The summed E-state index contributed by atoms with van der Waals surface area (Å²) in [4.78, 5) is 18.6. The average Bonchev–Trinajstić information content (AvgIpc) is 2.38. The van der Waals surface area contributed by atoms with Crippen LogP contribution in [0.3, 0.4) is 0 Å². The molecule has 0 aliphatic rings. The molecule has 18 heavy (non-hydrogen) atoms. The second kappa shape index (κ2) is 7.29. The van der Waals surface area contributed by atoms with Gasteiger partial charge in [0, 0.05) is 29.9 Å². The van der Waals surface area contributed by atoms with Crippen molar-refractivity contribution in [2.45, 2.75) is 26.2 Å². The summed E-state index contributed by atoms with van der Waals surface area (Å²) < 4.78 is 0. The Morgan fingerprint density at radius 3 is 2.89 bits per heavy atom. The summed E-state index contributed by atoms with van der Waals surface area (Å²) in [5.74, 6) is 0.199. The van der Waals surface area contributed by atoms with Crippen molar-refractivity contribution < 1.29 is 4.79 Å². The molecule has 0 unspecified atom stereocenters. The Kier molecular flexibility index (Phi) is 5.67. The molecule has 0 aliphatic carbocycles. The molecule has 6 heteroatoms. The van der Waals surface area contributed by atoms with Crippen molar-refractivity contribution in [3.63, 3.8) is 0 Å². The number of carbonyl (C=O) groups excluding carboxylic acids is 1. The summed E-state index contributed by atoms with van der Waals surface area (Å²) in [5, 5.41) is 6.13. The Labute approximate surface area is 106 Å². The Hall–Kier alpha value is -2.07. The van der Waals surface area contributed by atoms with Crippen LogP contribution in [-0.2, 0) is 0 Å². The van der Waals surface area contributed by atoms with Gasteiger partial charge in [-0.3, -0.25) is 9.78 Å². The molecule has 0 spiro atoms. The Balaban J connectivity index is 2.44. The minimum Gasteiger partial charge on any atom is -0.352 e. The minimum atomic E-state index is -0.154. The average molecular weight is 247 g/mol. The van der Waals surface area contributed by atoms with Gasteiger partial charge in [-0.1, -0.05) is 19.0 Å². The first-order valence-corrected chi connectivity index (χ1v) is 5.90. The van der Waals surface area contributed by atoms with Crippen molar-refractivity contribution in [3.8, 4) is 0 Å². The van der Waals surface area contributed by atoms with Crippen molar-refractivity contribution in [2.75, 3.05) is 13.1 Å². The van der Waals surface area contributed by atoms with Crippen molar-refractivity contribution in [3.05, 3.63) is 40.0 Å². The number of pyridine rings is 1. The summed E-state index contributed by atoms with van der Waals surface area (Å²) in [6.45, 7) is 4.99. The number of hydrogen-bond acceptors (Lipinski definition) is 3. The Morgan fingerprint density at radius 2 is 2.33 bits per heavy atom. The summed E-state index contributed by atoms with van der Waals surface area (Å²) in [5.41, 5.74) is 9.60. The van der Waals surface area contributed by atoms with Crippen molar-refractivity contribution >= 4 is 5.91 Å². The fourth-order valence-corrected chi connectivity index (χ4v) is 1.38. The molecule has 1 amide bonds. The van der Waals surface area contributed by atoms with Gasteiger partial charge in [-0.05, 0) is 30.0 Å². The lowest BCUT2D eigenvalue weighted by atomic mass is 10.1. The third kappa shape index (κ3) is 4.43. The van der Waals surface area contributed by atoms with E-state index in [9.17, 15) is 4.79 Å². The van der Waals surface area contributed by atoms with Gasteiger partial charge >= 0.3 is 0 Å². The molecule has 0 atom stereocenters. The van der Waals surface area contributed by atoms with E-state index in [1.807, 2.05) is 6.07 Å². The van der Waals surface area contributed by atoms with Gasteiger partial charge in [0.05, 0.1) is 5.56 Å². The molecule has 1 aromatic heterocycles. The molecule has 0 aliphatic heterocycles. The van der Waals surface area contributed by atoms with Gasteiger partial charge < -0.3 is 5.32 Å². The summed E-state index contributed by atoms with van der Waals surface area (Å²) in [7, 11) is 0. The molecule has 1 aromatic rings. The number of aromatic nitrogens is 1. The second-order valence-electron chi connectivity index (χ2n) is 4.19. The predicted octanol–water partition coefficient (Wildman–Crippen LogP) is 2.64. The molecule has 96 valence electrons. The third-order valence-electron chi connectivity index (χ3n) is 2.42. The predicted molar refractivity (Wildman–Crippen MR) is 69.3 cm³/mol. The molecule has 0 aromatic carbocycles. The summed E-state index contributed by atoms with van der Waals surface area (Å²) >= 11 is 0. The number of nitrogens with one attached hydrogen (secondary N) is 1. The van der Waals surface area contributed by atoms with E-state index in [-0.39, 0.29) is 5.91 Å². The summed E-state index contributed by atoms with van der Waals surface area (Å²) in [6, 6.07) is 3.63. The van der Waals surface area contributed by atoms with Crippen LogP contribution in [0.2, 0.25) is 0 Å². The van der Waals surface area contributed by atoms with Crippen LogP contribution in [0, 0.1) is 0 Å². The first-order chi connectivity index (χ1) is 8.65. The number of hydrogen-bond donors (Lipinski definition) is 1. The molecule has 1 rings (SSSR count). The van der Waals surface area contributed by atoms with E-state index in [2.05, 4.69) is 34.2 Å². The fraction of sp³-hybridized carbons (Fsp3) is 0.500. The molecule has 6 nitrogen and oxygen atoms in total. The molecule has 1 N–H and O–H groups in total. The zero-order valence-electron chi connectivity index (χ0n) is 10.6. The van der Waals surface area contributed by atoms with Gasteiger partial charge in [-0.25, -0.2) is 0 Å². The van der Waals surface area contributed by atoms with Gasteiger partial charge in [0.2, 0.25) is 0 Å². The van der Waals surface area contributed by atoms with E-state index in [4.69, 9.17) is 5.53 Å². The lowest BCUT2D eigenvalue weighted by molar-refractivity contribution is 0.0953. The summed E-state index contributed by atoms with van der Waals surface area (Å²) in [6.07, 6.45) is 2.21. The first-order valence-electron chi connectivity index (χ1n) is 5.90. The van der Waals surface area contributed by atoms with E-state index in [0.29, 0.717) is 31.0 Å². The van der Waals surface area contributed by atoms with Crippen LogP contribution in [0.4, 0.5) is 0 Å². The highest BCUT2D eigenvalue weighted by Crippen LogP contribution is 2.11. The largest absolute Gasteiger partial charge is 0.352 e. The van der Waals surface area contributed by atoms with Crippen LogP contribution in [0.1, 0.15) is 42.2 Å². The zero-order chi connectivity index (χ0) is 13.4. The van der Waals surface area contributed by atoms with E-state index < -0.39 is 0 Å². The van der Waals surface area contributed by atoms with Crippen molar-refractivity contribution in [1.29, 1.82) is 0 Å². The van der Waals surface area contributed by atoms with Crippen LogP contribution >= 0.6 is 0 Å². The number of rotatable bonds is 6. The fourth-order valence-electron chi connectivity index (χ4n) is 1.38. The van der Waals surface area contributed by atoms with Gasteiger partial charge in [-0.15, -0.1) is 0 Å². The molecule has 0 saturated heterocycles. The monoisotopic (exact) mass is 247 g/mol. The highest BCUT2D eigenvalue weighted by molar-refractivity contribution is 5.93. The SMILES string of the molecule is CC(C)c1ccc(C(=O)NCCCN=[N+]=[N-])cn1. The van der Waals surface area contributed by atoms with Crippen LogP contribution in [0.15, 0.2) is 23.4 Å². The van der Waals surface area contributed by atoms with Crippen molar-refractivity contribution in [2.24, 2.45) is 5.11 Å². The van der Waals surface area contributed by atoms with E-state index >= 15 is 0 Å². The molecule has 0 radical (unpaired) electrons. The smallest absolute Gasteiger partial charge is 0.252 e. The maximum Gasteiger partial charge on any atom is 0.252 e. The normalized spacial score (nSPS) is 9.94. The lowest BCUT2D eigenvalue weighted by Gasteiger charge is -2.06. The standard InChI is InChI=1S/C12H17N5O/c1-9(2)11-5-4-10(8-15-11)12(18)14-6-3-7-16-17-13/h4-5,8-9H,3,6-7H2,1-2H3,(H,14,18). The highest BCUT2D eigenvalue weighted by atomic mass is 16.1. The van der Waals surface area contributed by atoms with Gasteiger partial charge in [-0.2, -0.15) is 0 Å². The molecule has 0 saturated carbocycles. The minimum absolute atomic E-state index is 0.154. The van der Waals surface area contributed by atoms with Crippen LogP contribution in [-0.4, -0.2) is 24.0 Å². The number of carbonyl (C=O) groups is 1. The molecule has 1 heterocycles. The number of nitrogens with zero attached hydrogens (tertiary/aromatic N) is 4. The van der Waals surface area contributed by atoms with Gasteiger partial charge in [0.25, 0.3) is 5.91 Å². The van der Waals surface area contributed by atoms with Crippen LogP contribution in [0.25, 0.3) is 10.4 Å². The van der Waals surface area contributed by atoms with E-state index in [0.717, 1.165) is 5.69 Å². The van der Waals surface area contributed by atoms with Gasteiger partial charge in [0.15, 0.2) is 0 Å². The van der Waals surface area contributed by atoms with Crippen LogP contribution in [0.5, 0.6) is 0 Å². The quantitative estimate of drug-likeness (QED) is 0.362. The maximum atomic E-state index is 11.7. The zero-order valence-corrected chi connectivity index (χ0v) is 10.6. The third-order valence-corrected chi connectivity index (χ3v) is 2.42. The van der Waals surface area contributed by atoms with Crippen LogP contribution < -0.4 is 5.32 Å². The van der Waals surface area contributed by atoms with E-state index in [1.165, 1.54) is 0 Å². The Bertz CT molecular complexity index is 434. The lowest BCUT2D eigenvalue weighted by Crippen LogP contribution is -2.25. The topological polar surface area (TPSA) is 90.8 Å². The number of azide groups is 1. The molecule has 0 bridgehead atoms.